The van der Waals surface area contributed by atoms with Crippen molar-refractivity contribution in [2.75, 3.05) is 6.54 Å². The fraction of sp³-hybridized carbons (Fsp3) is 0.600. The van der Waals surface area contributed by atoms with E-state index in [1.807, 2.05) is 12.1 Å². The molecule has 2 atom stereocenters. The molecule has 0 aromatic heterocycles. The fourth-order valence-electron chi connectivity index (χ4n) is 3.18. The fourth-order valence-corrected chi connectivity index (χ4v) is 3.57. The standard InChI is InChI=1S/C15H21Cl2N/c1-2-11-6-7-15(8-11,10-18)9-12-4-3-5-13(16)14(12)17/h3-5,11H,2,6-10,18H2,1H3. The van der Waals surface area contributed by atoms with Crippen LogP contribution in [0, 0.1) is 11.3 Å². The van der Waals surface area contributed by atoms with Crippen molar-refractivity contribution in [3.63, 3.8) is 0 Å². The van der Waals surface area contributed by atoms with Crippen LogP contribution in [0.5, 0.6) is 0 Å². The summed E-state index contributed by atoms with van der Waals surface area (Å²) >= 11 is 12.4. The lowest BCUT2D eigenvalue weighted by atomic mass is 9.79. The minimum absolute atomic E-state index is 0.231. The molecule has 0 spiro atoms. The lowest BCUT2D eigenvalue weighted by molar-refractivity contribution is 0.291. The lowest BCUT2D eigenvalue weighted by Crippen LogP contribution is -2.30. The molecule has 100 valence electrons. The second kappa shape index (κ2) is 5.81. The summed E-state index contributed by atoms with van der Waals surface area (Å²) in [6, 6.07) is 5.89. The molecule has 2 N–H and O–H groups in total. The van der Waals surface area contributed by atoms with Crippen molar-refractivity contribution in [1.29, 1.82) is 0 Å². The Morgan fingerprint density at radius 1 is 1.39 bits per heavy atom. The van der Waals surface area contributed by atoms with Crippen molar-refractivity contribution < 1.29 is 0 Å². The van der Waals surface area contributed by atoms with Crippen molar-refractivity contribution in [2.45, 2.75) is 39.0 Å². The number of rotatable bonds is 4. The summed E-state index contributed by atoms with van der Waals surface area (Å²) in [6.45, 7) is 3.01. The van der Waals surface area contributed by atoms with E-state index in [-0.39, 0.29) is 5.41 Å². The van der Waals surface area contributed by atoms with E-state index in [1.165, 1.54) is 25.7 Å². The molecule has 0 heterocycles. The maximum absolute atomic E-state index is 6.29. The Labute approximate surface area is 120 Å². The smallest absolute Gasteiger partial charge is 0.0624 e. The molecule has 1 aromatic rings. The number of benzene rings is 1. The zero-order valence-corrected chi connectivity index (χ0v) is 12.4. The second-order valence-electron chi connectivity index (χ2n) is 5.61. The van der Waals surface area contributed by atoms with E-state index in [9.17, 15) is 0 Å². The molecule has 0 saturated heterocycles. The predicted molar refractivity (Wildman–Crippen MR) is 79.3 cm³/mol. The van der Waals surface area contributed by atoms with Gasteiger partial charge in [-0.15, -0.1) is 0 Å². The highest BCUT2D eigenvalue weighted by molar-refractivity contribution is 6.42. The van der Waals surface area contributed by atoms with Gasteiger partial charge in [0.15, 0.2) is 0 Å². The lowest BCUT2D eigenvalue weighted by Gasteiger charge is -2.28. The van der Waals surface area contributed by atoms with E-state index >= 15 is 0 Å². The van der Waals surface area contributed by atoms with Gasteiger partial charge in [0, 0.05) is 0 Å². The molecule has 2 unspecified atom stereocenters. The van der Waals surface area contributed by atoms with Crippen LogP contribution in [0.4, 0.5) is 0 Å². The van der Waals surface area contributed by atoms with Gasteiger partial charge in [0.1, 0.15) is 0 Å². The summed E-state index contributed by atoms with van der Waals surface area (Å²) in [5, 5.41) is 1.35. The SMILES string of the molecule is CCC1CCC(CN)(Cc2cccc(Cl)c2Cl)C1. The summed E-state index contributed by atoms with van der Waals surface area (Å²) in [4.78, 5) is 0. The molecule has 2 rings (SSSR count). The van der Waals surface area contributed by atoms with Crippen LogP contribution in [-0.2, 0) is 6.42 Å². The van der Waals surface area contributed by atoms with Gasteiger partial charge in [0.05, 0.1) is 10.0 Å². The molecule has 0 radical (unpaired) electrons. The molecule has 0 bridgehead atoms. The van der Waals surface area contributed by atoms with Gasteiger partial charge in [-0.1, -0.05) is 48.7 Å². The van der Waals surface area contributed by atoms with E-state index in [0.717, 1.165) is 24.4 Å². The average molecular weight is 286 g/mol. The van der Waals surface area contributed by atoms with E-state index in [1.54, 1.807) is 0 Å². The Balaban J connectivity index is 2.18. The largest absolute Gasteiger partial charge is 0.330 e. The van der Waals surface area contributed by atoms with E-state index < -0.39 is 0 Å². The van der Waals surface area contributed by atoms with Crippen LogP contribution in [0.3, 0.4) is 0 Å². The van der Waals surface area contributed by atoms with Gasteiger partial charge in [-0.05, 0) is 55.2 Å². The molecule has 1 aliphatic rings. The van der Waals surface area contributed by atoms with Crippen molar-refractivity contribution in [3.05, 3.63) is 33.8 Å². The van der Waals surface area contributed by atoms with Crippen LogP contribution in [0.15, 0.2) is 18.2 Å². The first-order chi connectivity index (χ1) is 8.60. The van der Waals surface area contributed by atoms with Crippen molar-refractivity contribution in [2.24, 2.45) is 17.1 Å². The van der Waals surface area contributed by atoms with Gasteiger partial charge in [-0.3, -0.25) is 0 Å². The summed E-state index contributed by atoms with van der Waals surface area (Å²) in [5.41, 5.74) is 7.42. The minimum Gasteiger partial charge on any atom is -0.330 e. The molecule has 18 heavy (non-hydrogen) atoms. The van der Waals surface area contributed by atoms with E-state index in [0.29, 0.717) is 10.0 Å². The van der Waals surface area contributed by atoms with Crippen LogP contribution in [0.2, 0.25) is 10.0 Å². The summed E-state index contributed by atoms with van der Waals surface area (Å²) < 4.78 is 0. The Bertz CT molecular complexity index is 419. The number of halogens is 2. The third-order valence-electron chi connectivity index (χ3n) is 4.41. The summed E-state index contributed by atoms with van der Waals surface area (Å²) in [7, 11) is 0. The van der Waals surface area contributed by atoms with Crippen molar-refractivity contribution in [1.82, 2.24) is 0 Å². The van der Waals surface area contributed by atoms with Crippen LogP contribution in [0.25, 0.3) is 0 Å². The van der Waals surface area contributed by atoms with Gasteiger partial charge >= 0.3 is 0 Å². The summed E-state index contributed by atoms with van der Waals surface area (Å²) in [5.74, 6) is 0.825. The Hall–Kier alpha value is -0.240. The van der Waals surface area contributed by atoms with Crippen LogP contribution in [0.1, 0.15) is 38.2 Å². The highest BCUT2D eigenvalue weighted by Crippen LogP contribution is 2.45. The van der Waals surface area contributed by atoms with Crippen molar-refractivity contribution >= 4 is 23.2 Å². The molecule has 3 heteroatoms. The Morgan fingerprint density at radius 2 is 2.17 bits per heavy atom. The molecule has 1 aromatic carbocycles. The first-order valence-electron chi connectivity index (χ1n) is 6.73. The molecule has 0 aliphatic heterocycles. The molecule has 1 saturated carbocycles. The number of hydrogen-bond acceptors (Lipinski definition) is 1. The summed E-state index contributed by atoms with van der Waals surface area (Å²) in [6.07, 6.45) is 5.95. The van der Waals surface area contributed by atoms with Gasteiger partial charge < -0.3 is 5.73 Å². The number of nitrogens with two attached hydrogens (primary N) is 1. The Morgan fingerprint density at radius 3 is 2.78 bits per heavy atom. The van der Waals surface area contributed by atoms with Gasteiger partial charge in [0.25, 0.3) is 0 Å². The first kappa shape index (κ1) is 14.2. The highest BCUT2D eigenvalue weighted by Gasteiger charge is 2.37. The van der Waals surface area contributed by atoms with Crippen molar-refractivity contribution in [3.8, 4) is 0 Å². The monoisotopic (exact) mass is 285 g/mol. The van der Waals surface area contributed by atoms with Gasteiger partial charge in [0.2, 0.25) is 0 Å². The minimum atomic E-state index is 0.231. The normalized spacial score (nSPS) is 27.7. The third kappa shape index (κ3) is 2.84. The maximum atomic E-state index is 6.29. The molecule has 1 nitrogen and oxygen atoms in total. The average Bonchev–Trinajstić information content (AvgIpc) is 2.79. The zero-order chi connectivity index (χ0) is 13.2. The highest BCUT2D eigenvalue weighted by atomic mass is 35.5. The molecule has 1 fully saturated rings. The predicted octanol–water partition coefficient (Wildman–Crippen LogP) is 4.69. The Kier molecular flexibility index (Phi) is 4.58. The number of hydrogen-bond donors (Lipinski definition) is 1. The van der Waals surface area contributed by atoms with Crippen LogP contribution in [-0.4, -0.2) is 6.54 Å². The molecular weight excluding hydrogens is 265 g/mol. The molecule has 1 aliphatic carbocycles. The van der Waals surface area contributed by atoms with Gasteiger partial charge in [-0.2, -0.15) is 0 Å². The second-order valence-corrected chi connectivity index (χ2v) is 6.40. The van der Waals surface area contributed by atoms with E-state index in [2.05, 4.69) is 13.0 Å². The molecule has 0 amide bonds. The zero-order valence-electron chi connectivity index (χ0n) is 10.9. The molecular formula is C15H21Cl2N. The quantitative estimate of drug-likeness (QED) is 0.853. The van der Waals surface area contributed by atoms with Crippen LogP contribution < -0.4 is 5.73 Å². The first-order valence-corrected chi connectivity index (χ1v) is 7.49. The van der Waals surface area contributed by atoms with Gasteiger partial charge in [-0.25, -0.2) is 0 Å². The third-order valence-corrected chi connectivity index (χ3v) is 5.27. The van der Waals surface area contributed by atoms with Crippen LogP contribution >= 0.6 is 23.2 Å². The van der Waals surface area contributed by atoms with E-state index in [4.69, 9.17) is 28.9 Å². The maximum Gasteiger partial charge on any atom is 0.0624 e. The topological polar surface area (TPSA) is 26.0 Å².